The number of nitrogens with zero attached hydrogens (tertiary/aromatic N) is 5. The van der Waals surface area contributed by atoms with Crippen LogP contribution in [0.5, 0.6) is 5.75 Å². The number of tetrazole rings is 1. The molecule has 15 heteroatoms. The second kappa shape index (κ2) is 11.2. The van der Waals surface area contributed by atoms with Crippen molar-refractivity contribution in [3.8, 4) is 11.4 Å². The number of aliphatic imine (C=N–C) groups is 1. The van der Waals surface area contributed by atoms with E-state index in [4.69, 9.17) is 10.5 Å². The molecular weight excluding hydrogens is 546 g/mol. The zero-order chi connectivity index (χ0) is 31.0. The number of ether oxygens (including phenoxy) is 1. The fourth-order valence-corrected chi connectivity index (χ4v) is 4.70. The van der Waals surface area contributed by atoms with Gasteiger partial charge >= 0.3 is 11.9 Å². The molecule has 0 radical (unpaired) electrons. The van der Waals surface area contributed by atoms with Crippen molar-refractivity contribution in [1.82, 2.24) is 30.4 Å². The van der Waals surface area contributed by atoms with Crippen molar-refractivity contribution in [2.75, 3.05) is 5.32 Å². The SMILES string of the molecule is C=C(NC=C(F)C(N)=NC1CC(C)(C)NC(C)(C)C1)Nc1ccc(OC(C)(C)C(F)(F)F)c(-n2nnn(C)c2=O)c1. The van der Waals surface area contributed by atoms with E-state index in [-0.39, 0.29) is 45.9 Å². The van der Waals surface area contributed by atoms with Gasteiger partial charge in [0.15, 0.2) is 17.3 Å². The molecule has 41 heavy (non-hydrogen) atoms. The van der Waals surface area contributed by atoms with Crippen molar-refractivity contribution >= 4 is 11.5 Å². The average Bonchev–Trinajstić information content (AvgIpc) is 3.13. The van der Waals surface area contributed by atoms with E-state index in [1.165, 1.54) is 25.2 Å². The van der Waals surface area contributed by atoms with Crippen LogP contribution in [0, 0.1) is 0 Å². The molecule has 1 fully saturated rings. The van der Waals surface area contributed by atoms with Gasteiger partial charge in [-0.05, 0) is 83.0 Å². The minimum Gasteiger partial charge on any atom is -0.476 e. The fraction of sp³-hybridized carbons (Fsp3) is 0.538. The third-order valence-corrected chi connectivity index (χ3v) is 6.36. The molecule has 0 spiro atoms. The third-order valence-electron chi connectivity index (χ3n) is 6.36. The Bertz CT molecular complexity index is 1390. The van der Waals surface area contributed by atoms with Crippen LogP contribution in [0.3, 0.4) is 0 Å². The van der Waals surface area contributed by atoms with Gasteiger partial charge in [0.25, 0.3) is 0 Å². The Balaban J connectivity index is 1.78. The summed E-state index contributed by atoms with van der Waals surface area (Å²) in [6, 6.07) is 3.78. The molecular formula is C26H37F4N9O2. The first kappa shape index (κ1) is 31.6. The summed E-state index contributed by atoms with van der Waals surface area (Å²) < 4.78 is 62.2. The maximum Gasteiger partial charge on any atom is 0.427 e. The molecule has 2 heterocycles. The minimum absolute atomic E-state index is 0.0961. The topological polar surface area (TPSA) is 136 Å². The van der Waals surface area contributed by atoms with Crippen LogP contribution in [0.15, 0.2) is 52.4 Å². The van der Waals surface area contributed by atoms with Gasteiger partial charge < -0.3 is 26.4 Å². The van der Waals surface area contributed by atoms with Gasteiger partial charge in [-0.15, -0.1) is 0 Å². The van der Waals surface area contributed by atoms with Gasteiger partial charge in [-0.2, -0.15) is 22.5 Å². The second-order valence-electron chi connectivity index (χ2n) is 11.8. The van der Waals surface area contributed by atoms with E-state index in [1.807, 2.05) is 0 Å². The number of hydrogen-bond donors (Lipinski definition) is 4. The molecule has 11 nitrogen and oxygen atoms in total. The molecule has 3 rings (SSSR count). The smallest absolute Gasteiger partial charge is 0.427 e. The summed E-state index contributed by atoms with van der Waals surface area (Å²) in [7, 11) is 1.34. The Hall–Kier alpha value is -3.88. The number of alkyl halides is 3. The van der Waals surface area contributed by atoms with Crippen LogP contribution >= 0.6 is 0 Å². The predicted octanol–water partition coefficient (Wildman–Crippen LogP) is 3.64. The van der Waals surface area contributed by atoms with Crippen LogP contribution in [0.2, 0.25) is 0 Å². The Labute approximate surface area is 235 Å². The van der Waals surface area contributed by atoms with Crippen molar-refractivity contribution in [2.24, 2.45) is 17.8 Å². The van der Waals surface area contributed by atoms with Crippen molar-refractivity contribution in [2.45, 2.75) is 83.3 Å². The number of aromatic nitrogens is 4. The van der Waals surface area contributed by atoms with Crippen LogP contribution in [-0.2, 0) is 7.05 Å². The lowest BCUT2D eigenvalue weighted by Crippen LogP contribution is -2.59. The number of halogens is 4. The molecule has 0 atom stereocenters. The van der Waals surface area contributed by atoms with E-state index >= 15 is 0 Å². The van der Waals surface area contributed by atoms with E-state index in [9.17, 15) is 22.4 Å². The maximum atomic E-state index is 14.8. The van der Waals surface area contributed by atoms with Crippen LogP contribution in [-0.4, -0.2) is 54.5 Å². The minimum atomic E-state index is -4.70. The molecule has 1 aromatic carbocycles. The summed E-state index contributed by atoms with van der Waals surface area (Å²) in [5.74, 6) is -1.23. The normalized spacial score (nSPS) is 18.2. The largest absolute Gasteiger partial charge is 0.476 e. The Morgan fingerprint density at radius 2 is 1.83 bits per heavy atom. The number of nitrogens with one attached hydrogen (secondary N) is 3. The van der Waals surface area contributed by atoms with Gasteiger partial charge in [-0.3, -0.25) is 4.99 Å². The van der Waals surface area contributed by atoms with Gasteiger partial charge in [-0.25, -0.2) is 9.18 Å². The van der Waals surface area contributed by atoms with Crippen molar-refractivity contribution in [1.29, 1.82) is 0 Å². The van der Waals surface area contributed by atoms with E-state index in [2.05, 4.69) is 65.6 Å². The van der Waals surface area contributed by atoms with E-state index in [1.54, 1.807) is 0 Å². The number of amidine groups is 1. The average molecular weight is 584 g/mol. The van der Waals surface area contributed by atoms with Gasteiger partial charge in [0.05, 0.1) is 11.9 Å². The number of piperidine rings is 1. The summed E-state index contributed by atoms with van der Waals surface area (Å²) in [6.45, 7) is 13.7. The van der Waals surface area contributed by atoms with Gasteiger partial charge in [0.2, 0.25) is 0 Å². The predicted molar refractivity (Wildman–Crippen MR) is 148 cm³/mol. The highest BCUT2D eigenvalue weighted by Crippen LogP contribution is 2.37. The first-order chi connectivity index (χ1) is 18.7. The van der Waals surface area contributed by atoms with Gasteiger partial charge in [-0.1, -0.05) is 6.58 Å². The Morgan fingerprint density at radius 1 is 1.22 bits per heavy atom. The van der Waals surface area contributed by atoms with Gasteiger partial charge in [0.1, 0.15) is 11.4 Å². The molecule has 5 N–H and O–H groups in total. The molecule has 1 aliphatic rings. The fourth-order valence-electron chi connectivity index (χ4n) is 4.70. The van der Waals surface area contributed by atoms with Crippen molar-refractivity contribution in [3.05, 3.63) is 53.1 Å². The standard InChI is InChI=1S/C26H37F4N9O2/c1-15(32-14-18(27)21(31)34-17-12-23(2,3)35-24(4,5)13-17)33-16-9-10-20(41-25(6,7)26(28,29)30)19(11-16)39-22(40)38(8)36-37-39/h9-11,14,17,32-33,35H,1,12-13H2,2-8H3,(H2,31,34). The van der Waals surface area contributed by atoms with Crippen LogP contribution < -0.4 is 32.1 Å². The van der Waals surface area contributed by atoms with Crippen molar-refractivity contribution in [3.63, 3.8) is 0 Å². The molecule has 0 aliphatic carbocycles. The van der Waals surface area contributed by atoms with E-state index in [0.29, 0.717) is 12.8 Å². The maximum absolute atomic E-state index is 14.8. The van der Waals surface area contributed by atoms with Gasteiger partial charge in [0, 0.05) is 30.0 Å². The molecule has 1 saturated heterocycles. The highest BCUT2D eigenvalue weighted by molar-refractivity contribution is 5.94. The first-order valence-electron chi connectivity index (χ1n) is 12.8. The highest BCUT2D eigenvalue weighted by atomic mass is 19.4. The summed E-state index contributed by atoms with van der Waals surface area (Å²) in [5.41, 5.74) is 2.42. The van der Waals surface area contributed by atoms with Crippen LogP contribution in [0.1, 0.15) is 54.4 Å². The number of anilines is 1. The molecule has 1 aromatic heterocycles. The summed E-state index contributed by atoms with van der Waals surface area (Å²) in [4.78, 5) is 16.8. The zero-order valence-corrected chi connectivity index (χ0v) is 24.1. The lowest BCUT2D eigenvalue weighted by Gasteiger charge is -2.45. The first-order valence-corrected chi connectivity index (χ1v) is 12.8. The van der Waals surface area contributed by atoms with Crippen LogP contribution in [0.25, 0.3) is 5.69 Å². The second-order valence-corrected chi connectivity index (χ2v) is 11.8. The van der Waals surface area contributed by atoms with Crippen LogP contribution in [0.4, 0.5) is 23.2 Å². The quantitative estimate of drug-likeness (QED) is 0.200. The number of nitrogens with two attached hydrogens (primary N) is 1. The van der Waals surface area contributed by atoms with E-state index < -0.39 is 23.3 Å². The van der Waals surface area contributed by atoms with E-state index in [0.717, 1.165) is 29.4 Å². The Morgan fingerprint density at radius 3 is 2.37 bits per heavy atom. The lowest BCUT2D eigenvalue weighted by molar-refractivity contribution is -0.234. The molecule has 0 unspecified atom stereocenters. The molecule has 2 aromatic rings. The summed E-state index contributed by atoms with van der Waals surface area (Å²) in [5, 5.41) is 16.3. The third kappa shape index (κ3) is 7.86. The number of rotatable bonds is 9. The molecule has 1 aliphatic heterocycles. The van der Waals surface area contributed by atoms with Crippen molar-refractivity contribution < 1.29 is 22.3 Å². The molecule has 0 saturated carbocycles. The zero-order valence-electron chi connectivity index (χ0n) is 24.1. The summed E-state index contributed by atoms with van der Waals surface area (Å²) >= 11 is 0. The lowest BCUT2D eigenvalue weighted by atomic mass is 9.80. The molecule has 0 bridgehead atoms. The Kier molecular flexibility index (Phi) is 8.63. The molecule has 226 valence electrons. The monoisotopic (exact) mass is 583 g/mol. The summed E-state index contributed by atoms with van der Waals surface area (Å²) in [6.07, 6.45) is -2.34. The number of benzene rings is 1. The number of aryl methyl sites for hydroxylation is 1. The highest BCUT2D eigenvalue weighted by Gasteiger charge is 2.50. The molecule has 0 amide bonds. The number of hydrogen-bond acceptors (Lipinski definition) is 8.